The van der Waals surface area contributed by atoms with Crippen molar-refractivity contribution in [2.45, 2.75) is 12.3 Å². The van der Waals surface area contributed by atoms with Crippen molar-refractivity contribution in [3.8, 4) is 0 Å². The van der Waals surface area contributed by atoms with Crippen LogP contribution in [0.5, 0.6) is 0 Å². The van der Waals surface area contributed by atoms with Gasteiger partial charge in [0.25, 0.3) is 0 Å². The van der Waals surface area contributed by atoms with Crippen LogP contribution in [0.3, 0.4) is 0 Å². The van der Waals surface area contributed by atoms with Crippen LogP contribution in [-0.4, -0.2) is 24.0 Å². The van der Waals surface area contributed by atoms with Crippen molar-refractivity contribution < 1.29 is 4.79 Å². The summed E-state index contributed by atoms with van der Waals surface area (Å²) in [7, 11) is 0. The first-order valence-corrected chi connectivity index (χ1v) is 8.57. The molecule has 1 fully saturated rings. The van der Waals surface area contributed by atoms with Gasteiger partial charge in [-0.2, -0.15) is 0 Å². The van der Waals surface area contributed by atoms with E-state index in [0.717, 1.165) is 22.4 Å². The van der Waals surface area contributed by atoms with Crippen LogP contribution in [0, 0.1) is 5.92 Å². The summed E-state index contributed by atoms with van der Waals surface area (Å²) < 4.78 is 1.13. The van der Waals surface area contributed by atoms with Crippen LogP contribution in [0.4, 0.5) is 5.69 Å². The topological polar surface area (TPSA) is 54.0 Å². The molecule has 0 spiro atoms. The zero-order valence-corrected chi connectivity index (χ0v) is 13.8. The molecule has 0 unspecified atom stereocenters. The number of aromatic nitrogens is 1. The second kappa shape index (κ2) is 6.58. The van der Waals surface area contributed by atoms with Crippen LogP contribution >= 0.6 is 27.3 Å². The number of nitrogens with one attached hydrogen (secondary N) is 2. The Balaban J connectivity index is 1.38. The molecule has 1 saturated carbocycles. The smallest absolute Gasteiger partial charge is 0.223 e. The summed E-state index contributed by atoms with van der Waals surface area (Å²) in [6.45, 7) is 1.36. The molecule has 0 bridgehead atoms. The van der Waals surface area contributed by atoms with E-state index in [-0.39, 0.29) is 11.8 Å². The number of pyridine rings is 1. The molecule has 3 rings (SSSR count). The lowest BCUT2D eigenvalue weighted by atomic mass is 10.2. The Kier molecular flexibility index (Phi) is 4.55. The molecule has 0 radical (unpaired) electrons. The summed E-state index contributed by atoms with van der Waals surface area (Å²) in [5.41, 5.74) is 2.30. The van der Waals surface area contributed by atoms with Crippen LogP contribution in [-0.2, 0) is 4.79 Å². The molecule has 2 atom stereocenters. The van der Waals surface area contributed by atoms with E-state index in [2.05, 4.69) is 43.0 Å². The summed E-state index contributed by atoms with van der Waals surface area (Å²) in [5, 5.41) is 8.37. The number of carbonyl (C=O) groups is 1. The molecule has 2 aromatic rings. The number of nitrogens with zero attached hydrogens (tertiary/aromatic N) is 1. The van der Waals surface area contributed by atoms with Crippen LogP contribution in [0.15, 0.2) is 39.8 Å². The molecule has 21 heavy (non-hydrogen) atoms. The Morgan fingerprint density at radius 2 is 2.19 bits per heavy atom. The van der Waals surface area contributed by atoms with Crippen LogP contribution < -0.4 is 10.6 Å². The Bertz CT molecular complexity index is 616. The second-order valence-electron chi connectivity index (χ2n) is 5.09. The molecule has 110 valence electrons. The first-order valence-electron chi connectivity index (χ1n) is 6.89. The van der Waals surface area contributed by atoms with Crippen molar-refractivity contribution in [2.75, 3.05) is 18.4 Å². The third-order valence-electron chi connectivity index (χ3n) is 3.58. The summed E-state index contributed by atoms with van der Waals surface area (Å²) in [6, 6.07) is 5.94. The molecular formula is C15H16BrN3OS. The highest BCUT2D eigenvalue weighted by molar-refractivity contribution is 9.11. The maximum absolute atomic E-state index is 12.0. The third-order valence-corrected chi connectivity index (χ3v) is 5.10. The van der Waals surface area contributed by atoms with Gasteiger partial charge in [0.2, 0.25) is 5.91 Å². The van der Waals surface area contributed by atoms with Gasteiger partial charge in [0, 0.05) is 37.1 Å². The molecular weight excluding hydrogens is 350 g/mol. The maximum Gasteiger partial charge on any atom is 0.223 e. The average Bonchev–Trinajstić information content (AvgIpc) is 3.19. The highest BCUT2D eigenvalue weighted by Gasteiger charge is 2.44. The van der Waals surface area contributed by atoms with Crippen molar-refractivity contribution in [2.24, 2.45) is 5.92 Å². The van der Waals surface area contributed by atoms with Gasteiger partial charge in [-0.05, 0) is 57.4 Å². The summed E-state index contributed by atoms with van der Waals surface area (Å²) in [6.07, 6.45) is 4.45. The third kappa shape index (κ3) is 3.83. The predicted molar refractivity (Wildman–Crippen MR) is 88.6 cm³/mol. The number of hydrogen-bond acceptors (Lipinski definition) is 4. The number of rotatable bonds is 6. The quantitative estimate of drug-likeness (QED) is 0.772. The summed E-state index contributed by atoms with van der Waals surface area (Å²) in [5.74, 6) is 0.715. The zero-order chi connectivity index (χ0) is 14.7. The number of hydrogen-bond donors (Lipinski definition) is 2. The van der Waals surface area contributed by atoms with Gasteiger partial charge < -0.3 is 10.6 Å². The monoisotopic (exact) mass is 365 g/mol. The van der Waals surface area contributed by atoms with Gasteiger partial charge in [0.15, 0.2) is 0 Å². The Morgan fingerprint density at radius 3 is 2.90 bits per heavy atom. The molecule has 1 aliphatic rings. The van der Waals surface area contributed by atoms with Crippen molar-refractivity contribution in [3.05, 3.63) is 45.3 Å². The molecule has 0 aliphatic heterocycles. The number of halogens is 1. The Hall–Kier alpha value is -1.40. The fourth-order valence-corrected chi connectivity index (χ4v) is 3.60. The Morgan fingerprint density at radius 1 is 1.38 bits per heavy atom. The molecule has 0 aromatic carbocycles. The van der Waals surface area contributed by atoms with Crippen LogP contribution in [0.25, 0.3) is 0 Å². The van der Waals surface area contributed by atoms with E-state index in [1.54, 1.807) is 23.7 Å². The molecule has 6 heteroatoms. The SMILES string of the molecule is O=C(NCCNc1ccncc1)[C@@H]1C[C@H]1c1csc(Br)c1. The second-order valence-corrected chi connectivity index (χ2v) is 7.38. The molecule has 2 aromatic heterocycles. The fourth-order valence-electron chi connectivity index (χ4n) is 2.36. The van der Waals surface area contributed by atoms with Gasteiger partial charge in [-0.25, -0.2) is 0 Å². The number of amides is 1. The number of anilines is 1. The van der Waals surface area contributed by atoms with E-state index < -0.39 is 0 Å². The number of carbonyl (C=O) groups excluding carboxylic acids is 1. The Labute approximate surface area is 136 Å². The summed E-state index contributed by atoms with van der Waals surface area (Å²) in [4.78, 5) is 16.0. The van der Waals surface area contributed by atoms with E-state index in [4.69, 9.17) is 0 Å². The van der Waals surface area contributed by atoms with E-state index in [0.29, 0.717) is 12.5 Å². The van der Waals surface area contributed by atoms with E-state index in [9.17, 15) is 4.79 Å². The molecule has 1 amide bonds. The highest BCUT2D eigenvalue weighted by atomic mass is 79.9. The van der Waals surface area contributed by atoms with Crippen molar-refractivity contribution >= 4 is 38.9 Å². The van der Waals surface area contributed by atoms with E-state index in [1.807, 2.05) is 12.1 Å². The average molecular weight is 366 g/mol. The van der Waals surface area contributed by atoms with Gasteiger partial charge in [-0.3, -0.25) is 9.78 Å². The van der Waals surface area contributed by atoms with Gasteiger partial charge in [0.05, 0.1) is 3.79 Å². The lowest BCUT2D eigenvalue weighted by Crippen LogP contribution is -2.30. The first kappa shape index (κ1) is 14.5. The van der Waals surface area contributed by atoms with E-state index >= 15 is 0 Å². The zero-order valence-electron chi connectivity index (χ0n) is 11.4. The van der Waals surface area contributed by atoms with Crippen LogP contribution in [0.2, 0.25) is 0 Å². The van der Waals surface area contributed by atoms with Crippen molar-refractivity contribution in [3.63, 3.8) is 0 Å². The normalized spacial score (nSPS) is 20.0. The van der Waals surface area contributed by atoms with Gasteiger partial charge in [0.1, 0.15) is 0 Å². The molecule has 4 nitrogen and oxygen atoms in total. The van der Waals surface area contributed by atoms with Gasteiger partial charge in [-0.1, -0.05) is 0 Å². The highest BCUT2D eigenvalue weighted by Crippen LogP contribution is 2.49. The lowest BCUT2D eigenvalue weighted by Gasteiger charge is -2.07. The minimum absolute atomic E-state index is 0.146. The maximum atomic E-state index is 12.0. The van der Waals surface area contributed by atoms with Crippen LogP contribution in [0.1, 0.15) is 17.9 Å². The van der Waals surface area contributed by atoms with Crippen molar-refractivity contribution in [1.82, 2.24) is 10.3 Å². The molecule has 1 aliphatic carbocycles. The molecule has 2 N–H and O–H groups in total. The number of thiophene rings is 1. The fraction of sp³-hybridized carbons (Fsp3) is 0.333. The standard InChI is InChI=1S/C15H16BrN3OS/c16-14-7-10(9-21-14)12-8-13(12)15(20)19-6-5-18-11-1-3-17-4-2-11/h1-4,7,9,12-13H,5-6,8H2,(H,17,18)(H,19,20)/t12-,13+/m0/s1. The molecule has 0 saturated heterocycles. The first-order chi connectivity index (χ1) is 10.2. The summed E-state index contributed by atoms with van der Waals surface area (Å²) >= 11 is 5.14. The predicted octanol–water partition coefficient (Wildman–Crippen LogP) is 3.24. The minimum Gasteiger partial charge on any atom is -0.383 e. The van der Waals surface area contributed by atoms with Gasteiger partial charge >= 0.3 is 0 Å². The molecule has 2 heterocycles. The van der Waals surface area contributed by atoms with Crippen molar-refractivity contribution in [1.29, 1.82) is 0 Å². The van der Waals surface area contributed by atoms with E-state index in [1.165, 1.54) is 5.56 Å². The lowest BCUT2D eigenvalue weighted by molar-refractivity contribution is -0.122. The minimum atomic E-state index is 0.146. The largest absolute Gasteiger partial charge is 0.383 e. The van der Waals surface area contributed by atoms with Gasteiger partial charge in [-0.15, -0.1) is 11.3 Å².